The van der Waals surface area contributed by atoms with Crippen LogP contribution in [0.2, 0.25) is 0 Å². The number of piperidine rings is 1. The fourth-order valence-electron chi connectivity index (χ4n) is 2.39. The number of thiazole rings is 1. The minimum Gasteiger partial charge on any atom is -0.314 e. The topological polar surface area (TPSA) is 54.0 Å². The summed E-state index contributed by atoms with van der Waals surface area (Å²) in [5.41, 5.74) is 1.09. The van der Waals surface area contributed by atoms with Crippen LogP contribution in [0.5, 0.6) is 0 Å². The van der Waals surface area contributed by atoms with Crippen molar-refractivity contribution in [2.24, 2.45) is 5.92 Å². The molecule has 0 unspecified atom stereocenters. The molecule has 0 aromatic carbocycles. The zero-order valence-corrected chi connectivity index (χ0v) is 13.3. The van der Waals surface area contributed by atoms with E-state index in [9.17, 15) is 4.79 Å². The van der Waals surface area contributed by atoms with Gasteiger partial charge in [-0.05, 0) is 39.7 Å². The lowest BCUT2D eigenvalue weighted by molar-refractivity contribution is -0.120. The molecular formula is C13H22ClN3OS. The van der Waals surface area contributed by atoms with E-state index in [1.54, 1.807) is 11.3 Å². The Morgan fingerprint density at radius 3 is 2.89 bits per heavy atom. The maximum Gasteiger partial charge on any atom is 0.229 e. The number of hydrogen-bond donors (Lipinski definition) is 2. The van der Waals surface area contributed by atoms with E-state index in [0.717, 1.165) is 36.6 Å². The van der Waals surface area contributed by atoms with Crippen molar-refractivity contribution < 1.29 is 4.79 Å². The van der Waals surface area contributed by atoms with Gasteiger partial charge in [0, 0.05) is 16.8 Å². The predicted molar refractivity (Wildman–Crippen MR) is 82.3 cm³/mol. The zero-order chi connectivity index (χ0) is 13.1. The Morgan fingerprint density at radius 2 is 2.32 bits per heavy atom. The highest BCUT2D eigenvalue weighted by molar-refractivity contribution is 7.15. The number of nitrogens with zero attached hydrogens (tertiary/aromatic N) is 1. The van der Waals surface area contributed by atoms with Gasteiger partial charge in [-0.2, -0.15) is 0 Å². The van der Waals surface area contributed by atoms with Gasteiger partial charge in [0.1, 0.15) is 0 Å². The normalized spacial score (nSPS) is 22.7. The average molecular weight is 304 g/mol. The third kappa shape index (κ3) is 4.16. The van der Waals surface area contributed by atoms with E-state index in [1.807, 2.05) is 0 Å². The van der Waals surface area contributed by atoms with E-state index in [2.05, 4.69) is 36.4 Å². The second kappa shape index (κ2) is 7.22. The predicted octanol–water partition coefficient (Wildman–Crippen LogP) is 2.76. The van der Waals surface area contributed by atoms with Crippen molar-refractivity contribution >= 4 is 34.8 Å². The number of carbonyl (C=O) groups is 1. The molecule has 0 aliphatic carbocycles. The Balaban J connectivity index is 0.00000180. The van der Waals surface area contributed by atoms with E-state index in [-0.39, 0.29) is 24.2 Å². The number of amides is 1. The number of hydrogen-bond acceptors (Lipinski definition) is 4. The van der Waals surface area contributed by atoms with Gasteiger partial charge in [0.25, 0.3) is 0 Å². The quantitative estimate of drug-likeness (QED) is 0.903. The van der Waals surface area contributed by atoms with E-state index in [0.29, 0.717) is 6.04 Å². The first-order chi connectivity index (χ1) is 8.60. The van der Waals surface area contributed by atoms with Crippen molar-refractivity contribution in [3.05, 3.63) is 10.6 Å². The van der Waals surface area contributed by atoms with Gasteiger partial charge in [0.15, 0.2) is 5.13 Å². The summed E-state index contributed by atoms with van der Waals surface area (Å²) in [7, 11) is 0. The molecule has 1 aromatic rings. The summed E-state index contributed by atoms with van der Waals surface area (Å²) in [5, 5.41) is 7.08. The van der Waals surface area contributed by atoms with Crippen LogP contribution in [0.4, 0.5) is 5.13 Å². The number of aryl methyl sites for hydroxylation is 2. The maximum absolute atomic E-state index is 12.1. The third-order valence-corrected chi connectivity index (χ3v) is 4.38. The first-order valence-corrected chi connectivity index (χ1v) is 7.42. The van der Waals surface area contributed by atoms with Crippen LogP contribution in [0.3, 0.4) is 0 Å². The molecule has 0 spiro atoms. The summed E-state index contributed by atoms with van der Waals surface area (Å²) >= 11 is 1.57. The summed E-state index contributed by atoms with van der Waals surface area (Å²) in [5.74, 6) is 0.246. The Bertz CT molecular complexity index is 436. The lowest BCUT2D eigenvalue weighted by atomic mass is 9.92. The fraction of sp³-hybridized carbons (Fsp3) is 0.692. The Labute approximate surface area is 124 Å². The number of halogens is 1. The standard InChI is InChI=1S/C13H21N3OS.ClH/c1-4-11-9(3)18-13(15-11)16-12(17)10-5-6-14-8(2)7-10;/h8,10,14H,4-7H2,1-3H3,(H,15,16,17);1H/t8-,10-;/m0./s1. The molecule has 1 amide bonds. The number of nitrogens with one attached hydrogen (secondary N) is 2. The van der Waals surface area contributed by atoms with Crippen LogP contribution < -0.4 is 10.6 Å². The molecule has 2 heterocycles. The highest BCUT2D eigenvalue weighted by Gasteiger charge is 2.25. The minimum absolute atomic E-state index is 0. The van der Waals surface area contributed by atoms with Crippen LogP contribution in [0, 0.1) is 12.8 Å². The Kier molecular flexibility index (Phi) is 6.23. The molecule has 0 bridgehead atoms. The first kappa shape index (κ1) is 16.4. The molecule has 4 nitrogen and oxygen atoms in total. The summed E-state index contributed by atoms with van der Waals surface area (Å²) < 4.78 is 0. The van der Waals surface area contributed by atoms with Crippen molar-refractivity contribution in [3.63, 3.8) is 0 Å². The van der Waals surface area contributed by atoms with Gasteiger partial charge < -0.3 is 10.6 Å². The highest BCUT2D eigenvalue weighted by Crippen LogP contribution is 2.24. The summed E-state index contributed by atoms with van der Waals surface area (Å²) in [6.45, 7) is 7.19. The van der Waals surface area contributed by atoms with Gasteiger partial charge in [0.05, 0.1) is 5.69 Å². The SMILES string of the molecule is CCc1nc(NC(=O)[C@H]2CCN[C@@H](C)C2)sc1C.Cl. The van der Waals surface area contributed by atoms with Crippen LogP contribution in [0.25, 0.3) is 0 Å². The Hall–Kier alpha value is -0.650. The number of aromatic nitrogens is 1. The third-order valence-electron chi connectivity index (χ3n) is 3.45. The molecular weight excluding hydrogens is 282 g/mol. The molecule has 1 aliphatic rings. The molecule has 2 rings (SSSR count). The smallest absolute Gasteiger partial charge is 0.229 e. The van der Waals surface area contributed by atoms with Crippen molar-refractivity contribution in [2.45, 2.75) is 46.1 Å². The monoisotopic (exact) mass is 303 g/mol. The molecule has 0 saturated carbocycles. The van der Waals surface area contributed by atoms with Crippen molar-refractivity contribution in [2.75, 3.05) is 11.9 Å². The van der Waals surface area contributed by atoms with E-state index >= 15 is 0 Å². The van der Waals surface area contributed by atoms with Crippen LogP contribution in [-0.2, 0) is 11.2 Å². The van der Waals surface area contributed by atoms with Crippen molar-refractivity contribution in [1.82, 2.24) is 10.3 Å². The van der Waals surface area contributed by atoms with E-state index in [1.165, 1.54) is 4.88 Å². The van der Waals surface area contributed by atoms with Crippen LogP contribution in [0.15, 0.2) is 0 Å². The molecule has 0 radical (unpaired) electrons. The molecule has 1 saturated heterocycles. The van der Waals surface area contributed by atoms with Gasteiger partial charge in [-0.15, -0.1) is 23.7 Å². The van der Waals surface area contributed by atoms with Gasteiger partial charge in [-0.1, -0.05) is 6.92 Å². The lowest BCUT2D eigenvalue weighted by Gasteiger charge is -2.26. The second-order valence-corrected chi connectivity index (χ2v) is 6.14. The van der Waals surface area contributed by atoms with Crippen LogP contribution in [-0.4, -0.2) is 23.5 Å². The van der Waals surface area contributed by atoms with Gasteiger partial charge in [-0.3, -0.25) is 4.79 Å². The van der Waals surface area contributed by atoms with Crippen molar-refractivity contribution in [1.29, 1.82) is 0 Å². The molecule has 1 fully saturated rings. The minimum atomic E-state index is 0. The van der Waals surface area contributed by atoms with Crippen molar-refractivity contribution in [3.8, 4) is 0 Å². The molecule has 19 heavy (non-hydrogen) atoms. The van der Waals surface area contributed by atoms with Gasteiger partial charge in [-0.25, -0.2) is 4.98 Å². The summed E-state index contributed by atoms with van der Waals surface area (Å²) in [6.07, 6.45) is 2.75. The fourth-order valence-corrected chi connectivity index (χ4v) is 3.29. The molecule has 1 aromatic heterocycles. The summed E-state index contributed by atoms with van der Waals surface area (Å²) in [6, 6.07) is 0.429. The molecule has 1 aliphatic heterocycles. The average Bonchev–Trinajstić information content (AvgIpc) is 2.69. The first-order valence-electron chi connectivity index (χ1n) is 6.60. The maximum atomic E-state index is 12.1. The van der Waals surface area contributed by atoms with E-state index in [4.69, 9.17) is 0 Å². The number of rotatable bonds is 3. The molecule has 2 N–H and O–H groups in total. The largest absolute Gasteiger partial charge is 0.314 e. The van der Waals surface area contributed by atoms with Crippen LogP contribution in [0.1, 0.15) is 37.3 Å². The highest BCUT2D eigenvalue weighted by atomic mass is 35.5. The van der Waals surface area contributed by atoms with Gasteiger partial charge in [0.2, 0.25) is 5.91 Å². The zero-order valence-electron chi connectivity index (χ0n) is 11.7. The van der Waals surface area contributed by atoms with Gasteiger partial charge >= 0.3 is 0 Å². The van der Waals surface area contributed by atoms with E-state index < -0.39 is 0 Å². The lowest BCUT2D eigenvalue weighted by Crippen LogP contribution is -2.40. The second-order valence-electron chi connectivity index (χ2n) is 4.94. The Morgan fingerprint density at radius 1 is 1.58 bits per heavy atom. The molecule has 6 heteroatoms. The molecule has 108 valence electrons. The summed E-state index contributed by atoms with van der Waals surface area (Å²) in [4.78, 5) is 17.8. The number of carbonyl (C=O) groups excluding carboxylic acids is 1. The number of anilines is 1. The molecule has 2 atom stereocenters. The van der Waals surface area contributed by atoms with Crippen LogP contribution >= 0.6 is 23.7 Å².